The van der Waals surface area contributed by atoms with E-state index in [9.17, 15) is 13.2 Å². The number of hydrogen-bond donors (Lipinski definition) is 2. The van der Waals surface area contributed by atoms with Crippen LogP contribution >= 0.6 is 11.8 Å². The Bertz CT molecular complexity index is 600. The van der Waals surface area contributed by atoms with Crippen molar-refractivity contribution >= 4 is 33.4 Å². The fourth-order valence-corrected chi connectivity index (χ4v) is 3.80. The molecule has 0 spiro atoms. The maximum atomic E-state index is 12.3. The molecule has 0 aliphatic rings. The molecule has 0 radical (unpaired) electrons. The Hall–Kier alpha value is -1.05. The summed E-state index contributed by atoms with van der Waals surface area (Å²) in [6.45, 7) is 5.24. The normalized spacial score (nSPS) is 13.0. The molecule has 21 heavy (non-hydrogen) atoms. The van der Waals surface area contributed by atoms with Gasteiger partial charge < -0.3 is 5.32 Å². The highest BCUT2D eigenvalue weighted by Crippen LogP contribution is 2.28. The zero-order valence-corrected chi connectivity index (χ0v) is 14.4. The summed E-state index contributed by atoms with van der Waals surface area (Å²) in [4.78, 5) is 12.2. The fraction of sp³-hybridized carbons (Fsp3) is 0.500. The average molecular weight is 330 g/mol. The molecule has 0 aliphatic carbocycles. The van der Waals surface area contributed by atoms with E-state index in [0.29, 0.717) is 5.69 Å². The van der Waals surface area contributed by atoms with Gasteiger partial charge in [-0.3, -0.25) is 4.79 Å². The summed E-state index contributed by atoms with van der Waals surface area (Å²) in [5, 5.41) is 2.66. The number of thioether (sulfide) groups is 1. The Morgan fingerprint density at radius 2 is 2.05 bits per heavy atom. The molecule has 0 fully saturated rings. The van der Waals surface area contributed by atoms with Crippen LogP contribution in [0.4, 0.5) is 5.69 Å². The minimum atomic E-state index is -3.58. The van der Waals surface area contributed by atoms with Crippen molar-refractivity contribution in [2.24, 2.45) is 0 Å². The third-order valence-corrected chi connectivity index (χ3v) is 5.25. The highest BCUT2D eigenvalue weighted by atomic mass is 32.2. The van der Waals surface area contributed by atoms with Crippen molar-refractivity contribution in [2.45, 2.75) is 49.4 Å². The van der Waals surface area contributed by atoms with Gasteiger partial charge in [-0.15, -0.1) is 11.8 Å². The molecule has 1 rings (SSSR count). The van der Waals surface area contributed by atoms with Crippen LogP contribution in [0.15, 0.2) is 28.0 Å². The number of hydrogen-bond acceptors (Lipinski definition) is 4. The molecule has 1 aromatic rings. The molecule has 7 heteroatoms. The Labute approximate surface area is 130 Å². The number of sulfonamides is 1. The first-order valence-corrected chi connectivity index (χ1v) is 9.49. The second-order valence-electron chi connectivity index (χ2n) is 4.85. The van der Waals surface area contributed by atoms with Gasteiger partial charge in [-0.2, -0.15) is 0 Å². The first-order chi connectivity index (χ1) is 9.80. The molecule has 1 amide bonds. The highest BCUT2D eigenvalue weighted by Gasteiger charge is 2.18. The van der Waals surface area contributed by atoms with Gasteiger partial charge >= 0.3 is 0 Å². The van der Waals surface area contributed by atoms with E-state index in [1.807, 2.05) is 20.1 Å². The zero-order valence-electron chi connectivity index (χ0n) is 12.8. The Balaban J connectivity index is 3.09. The van der Waals surface area contributed by atoms with Crippen LogP contribution < -0.4 is 10.0 Å². The molecule has 0 aromatic heterocycles. The number of anilines is 1. The molecule has 0 aliphatic heterocycles. The van der Waals surface area contributed by atoms with Gasteiger partial charge in [0.25, 0.3) is 0 Å². The maximum Gasteiger partial charge on any atom is 0.240 e. The molecule has 0 unspecified atom stereocenters. The van der Waals surface area contributed by atoms with Gasteiger partial charge in [0, 0.05) is 17.9 Å². The first-order valence-electron chi connectivity index (χ1n) is 6.78. The molecule has 0 saturated heterocycles. The summed E-state index contributed by atoms with van der Waals surface area (Å²) in [6, 6.07) is 4.63. The number of amides is 1. The van der Waals surface area contributed by atoms with Gasteiger partial charge in [0.05, 0.1) is 10.6 Å². The highest BCUT2D eigenvalue weighted by molar-refractivity contribution is 7.98. The van der Waals surface area contributed by atoms with E-state index in [4.69, 9.17) is 0 Å². The van der Waals surface area contributed by atoms with Gasteiger partial charge in [-0.05, 0) is 37.8 Å². The van der Waals surface area contributed by atoms with Crippen LogP contribution in [0, 0.1) is 0 Å². The van der Waals surface area contributed by atoms with Gasteiger partial charge in [-0.1, -0.05) is 13.3 Å². The average Bonchev–Trinajstić information content (AvgIpc) is 2.37. The lowest BCUT2D eigenvalue weighted by Crippen LogP contribution is -2.32. The molecule has 1 atom stereocenters. The summed E-state index contributed by atoms with van der Waals surface area (Å²) in [6.07, 6.45) is 3.56. The van der Waals surface area contributed by atoms with Crippen molar-refractivity contribution < 1.29 is 13.2 Å². The number of nitrogens with one attached hydrogen (secondary N) is 2. The van der Waals surface area contributed by atoms with E-state index in [1.165, 1.54) is 24.8 Å². The lowest BCUT2D eigenvalue weighted by molar-refractivity contribution is -0.114. The van der Waals surface area contributed by atoms with E-state index in [0.717, 1.165) is 17.7 Å². The number of rotatable bonds is 7. The standard InChI is InChI=1S/C14H22N2O3S2/c1-5-6-10(2)16-21(18,19)12-7-8-14(20-4)13(9-12)15-11(3)17/h7-10,16H,5-6H2,1-4H3,(H,15,17)/t10-/m0/s1. The minimum absolute atomic E-state index is 0.121. The van der Waals surface area contributed by atoms with Crippen LogP contribution in [0.1, 0.15) is 33.6 Å². The predicted molar refractivity (Wildman–Crippen MR) is 87.2 cm³/mol. The van der Waals surface area contributed by atoms with Gasteiger partial charge in [0.2, 0.25) is 15.9 Å². The van der Waals surface area contributed by atoms with E-state index in [1.54, 1.807) is 12.1 Å². The molecule has 0 heterocycles. The molecule has 1 aromatic carbocycles. The first kappa shape index (κ1) is 18.0. The summed E-state index contributed by atoms with van der Waals surface area (Å²) in [5.74, 6) is -0.229. The van der Waals surface area contributed by atoms with Crippen molar-refractivity contribution in [1.82, 2.24) is 4.72 Å². The second kappa shape index (κ2) is 7.82. The molecule has 0 saturated carbocycles. The Morgan fingerprint density at radius 1 is 1.38 bits per heavy atom. The summed E-state index contributed by atoms with van der Waals surface area (Å²) in [7, 11) is -3.58. The molecule has 118 valence electrons. The summed E-state index contributed by atoms with van der Waals surface area (Å²) in [5.41, 5.74) is 0.515. The van der Waals surface area contributed by atoms with E-state index in [-0.39, 0.29) is 16.8 Å². The quantitative estimate of drug-likeness (QED) is 0.754. The minimum Gasteiger partial charge on any atom is -0.325 e. The molecular weight excluding hydrogens is 308 g/mol. The van der Waals surface area contributed by atoms with E-state index >= 15 is 0 Å². The van der Waals surface area contributed by atoms with Crippen molar-refractivity contribution in [1.29, 1.82) is 0 Å². The van der Waals surface area contributed by atoms with Crippen LogP contribution in [0.2, 0.25) is 0 Å². The third-order valence-electron chi connectivity index (χ3n) is 2.87. The zero-order chi connectivity index (χ0) is 16.0. The Morgan fingerprint density at radius 3 is 2.57 bits per heavy atom. The SMILES string of the molecule is CCC[C@H](C)NS(=O)(=O)c1ccc(SC)c(NC(C)=O)c1. The molecule has 2 N–H and O–H groups in total. The second-order valence-corrected chi connectivity index (χ2v) is 7.42. The van der Waals surface area contributed by atoms with Gasteiger partial charge in [0.1, 0.15) is 0 Å². The van der Waals surface area contributed by atoms with E-state index < -0.39 is 10.0 Å². The van der Waals surface area contributed by atoms with Crippen molar-refractivity contribution in [3.05, 3.63) is 18.2 Å². The van der Waals surface area contributed by atoms with Crippen LogP contribution in [0.3, 0.4) is 0 Å². The van der Waals surface area contributed by atoms with Crippen molar-refractivity contribution in [2.75, 3.05) is 11.6 Å². The lowest BCUT2D eigenvalue weighted by Gasteiger charge is -2.15. The van der Waals surface area contributed by atoms with Crippen LogP contribution in [-0.2, 0) is 14.8 Å². The molecule has 5 nitrogen and oxygen atoms in total. The number of carbonyl (C=O) groups is 1. The topological polar surface area (TPSA) is 75.3 Å². The smallest absolute Gasteiger partial charge is 0.240 e. The lowest BCUT2D eigenvalue weighted by atomic mass is 10.2. The van der Waals surface area contributed by atoms with Crippen molar-refractivity contribution in [3.8, 4) is 0 Å². The predicted octanol–water partition coefficient (Wildman–Crippen LogP) is 2.83. The van der Waals surface area contributed by atoms with Crippen LogP contribution in [0.5, 0.6) is 0 Å². The number of carbonyl (C=O) groups excluding carboxylic acids is 1. The molecule has 0 bridgehead atoms. The Kier molecular flexibility index (Phi) is 6.70. The summed E-state index contributed by atoms with van der Waals surface area (Å²) < 4.78 is 27.3. The van der Waals surface area contributed by atoms with Gasteiger partial charge in [0.15, 0.2) is 0 Å². The largest absolute Gasteiger partial charge is 0.325 e. The van der Waals surface area contributed by atoms with E-state index in [2.05, 4.69) is 10.0 Å². The monoisotopic (exact) mass is 330 g/mol. The molecular formula is C14H22N2O3S2. The summed E-state index contributed by atoms with van der Waals surface area (Å²) >= 11 is 1.45. The van der Waals surface area contributed by atoms with Crippen LogP contribution in [-0.4, -0.2) is 26.6 Å². The van der Waals surface area contributed by atoms with Crippen LogP contribution in [0.25, 0.3) is 0 Å². The van der Waals surface area contributed by atoms with Crippen molar-refractivity contribution in [3.63, 3.8) is 0 Å². The van der Waals surface area contributed by atoms with Gasteiger partial charge in [-0.25, -0.2) is 13.1 Å². The maximum absolute atomic E-state index is 12.3. The fourth-order valence-electron chi connectivity index (χ4n) is 1.97. The number of benzene rings is 1. The third kappa shape index (κ3) is 5.33.